The van der Waals surface area contributed by atoms with Gasteiger partial charge in [-0.1, -0.05) is 0 Å². The van der Waals surface area contributed by atoms with Crippen molar-refractivity contribution in [2.24, 2.45) is 5.73 Å². The zero-order chi connectivity index (χ0) is 6.54. The molecule has 3 heteroatoms. The van der Waals surface area contributed by atoms with Crippen molar-refractivity contribution in [3.05, 3.63) is 0 Å². The molecule has 2 N–H and O–H groups in total. The molecule has 1 aliphatic heterocycles. The number of hydrogen-bond donors (Lipinski definition) is 1. The van der Waals surface area contributed by atoms with Crippen LogP contribution in [0.3, 0.4) is 0 Å². The molecule has 2 bridgehead atoms. The van der Waals surface area contributed by atoms with Crippen LogP contribution >= 0.6 is 12.4 Å². The van der Waals surface area contributed by atoms with Gasteiger partial charge in [0.05, 0.1) is 12.2 Å². The van der Waals surface area contributed by atoms with Crippen LogP contribution in [0.25, 0.3) is 0 Å². The summed E-state index contributed by atoms with van der Waals surface area (Å²) in [5, 5.41) is 0. The Hall–Kier alpha value is 0.210. The molecule has 0 amide bonds. The second-order valence-electron chi connectivity index (χ2n) is 3.78. The highest BCUT2D eigenvalue weighted by molar-refractivity contribution is 5.85. The molecule has 1 saturated heterocycles. The van der Waals surface area contributed by atoms with Gasteiger partial charge >= 0.3 is 0 Å². The topological polar surface area (TPSA) is 35.2 Å². The lowest BCUT2D eigenvalue weighted by Gasteiger charge is -2.22. The maximum absolute atomic E-state index is 5.96. The van der Waals surface area contributed by atoms with Crippen molar-refractivity contribution >= 4 is 12.4 Å². The molecule has 0 aromatic heterocycles. The number of nitrogens with two attached hydrogens (primary N) is 1. The Bertz CT molecular complexity index is 125. The standard InChI is InChI=1S/C7H13NO.ClH/c1-6-2-3-7(8,4-6)5-9-6;/h2-5,8H2,1H3;1H. The number of halogens is 1. The van der Waals surface area contributed by atoms with Gasteiger partial charge in [0, 0.05) is 5.54 Å². The van der Waals surface area contributed by atoms with Crippen LogP contribution in [0.5, 0.6) is 0 Å². The predicted octanol–water partition coefficient (Wildman–Crippen LogP) is 1.08. The molecule has 1 saturated carbocycles. The van der Waals surface area contributed by atoms with Crippen LogP contribution in [0.4, 0.5) is 0 Å². The number of hydrogen-bond acceptors (Lipinski definition) is 2. The molecule has 2 fully saturated rings. The zero-order valence-electron chi connectivity index (χ0n) is 6.22. The Balaban J connectivity index is 0.000000500. The van der Waals surface area contributed by atoms with Crippen LogP contribution in [0, 0.1) is 0 Å². The first-order chi connectivity index (χ1) is 4.12. The third-order valence-corrected chi connectivity index (χ3v) is 2.59. The van der Waals surface area contributed by atoms with Gasteiger partial charge in [-0.15, -0.1) is 12.4 Å². The molecule has 0 radical (unpaired) electrons. The van der Waals surface area contributed by atoms with Gasteiger partial charge in [0.2, 0.25) is 0 Å². The minimum Gasteiger partial charge on any atom is -0.373 e. The Kier molecular flexibility index (Phi) is 1.74. The fourth-order valence-corrected chi connectivity index (χ4v) is 2.00. The van der Waals surface area contributed by atoms with Gasteiger partial charge in [0.25, 0.3) is 0 Å². The van der Waals surface area contributed by atoms with Crippen molar-refractivity contribution < 1.29 is 4.74 Å². The van der Waals surface area contributed by atoms with Crippen molar-refractivity contribution in [3.63, 3.8) is 0 Å². The van der Waals surface area contributed by atoms with Crippen LogP contribution in [-0.2, 0) is 4.74 Å². The first kappa shape index (κ1) is 8.31. The molecule has 1 heterocycles. The van der Waals surface area contributed by atoms with Crippen LogP contribution in [-0.4, -0.2) is 17.7 Å². The van der Waals surface area contributed by atoms with Gasteiger partial charge in [0.15, 0.2) is 0 Å². The van der Waals surface area contributed by atoms with Crippen molar-refractivity contribution in [2.45, 2.75) is 37.3 Å². The van der Waals surface area contributed by atoms with E-state index in [-0.39, 0.29) is 23.5 Å². The monoisotopic (exact) mass is 163 g/mol. The predicted molar refractivity (Wildman–Crippen MR) is 42.4 cm³/mol. The van der Waals surface area contributed by atoms with Gasteiger partial charge in [-0.05, 0) is 26.2 Å². The Labute approximate surface area is 67.5 Å². The van der Waals surface area contributed by atoms with Crippen molar-refractivity contribution in [3.8, 4) is 0 Å². The Morgan fingerprint density at radius 1 is 1.40 bits per heavy atom. The molecule has 2 unspecified atom stereocenters. The van der Waals surface area contributed by atoms with E-state index < -0.39 is 0 Å². The largest absolute Gasteiger partial charge is 0.373 e. The van der Waals surface area contributed by atoms with E-state index in [0.717, 1.165) is 25.9 Å². The van der Waals surface area contributed by atoms with Crippen molar-refractivity contribution in [1.29, 1.82) is 0 Å². The molecule has 2 aliphatic rings. The van der Waals surface area contributed by atoms with E-state index in [0.29, 0.717) is 0 Å². The second-order valence-corrected chi connectivity index (χ2v) is 3.78. The summed E-state index contributed by atoms with van der Waals surface area (Å²) in [4.78, 5) is 0. The number of ether oxygens (including phenoxy) is 1. The van der Waals surface area contributed by atoms with E-state index in [1.165, 1.54) is 0 Å². The van der Waals surface area contributed by atoms with Crippen LogP contribution in [0.1, 0.15) is 26.2 Å². The lowest BCUT2D eigenvalue weighted by Crippen LogP contribution is -2.38. The molecule has 10 heavy (non-hydrogen) atoms. The van der Waals surface area contributed by atoms with Crippen LogP contribution in [0.15, 0.2) is 0 Å². The summed E-state index contributed by atoms with van der Waals surface area (Å²) in [6, 6.07) is 0. The number of rotatable bonds is 0. The molecular weight excluding hydrogens is 150 g/mol. The lowest BCUT2D eigenvalue weighted by atomic mass is 10.0. The summed E-state index contributed by atoms with van der Waals surface area (Å²) < 4.78 is 5.52. The first-order valence-electron chi connectivity index (χ1n) is 3.55. The van der Waals surface area contributed by atoms with E-state index in [1.807, 2.05) is 0 Å². The molecule has 2 atom stereocenters. The van der Waals surface area contributed by atoms with Gasteiger partial charge in [0.1, 0.15) is 0 Å². The summed E-state index contributed by atoms with van der Waals surface area (Å²) in [5.74, 6) is 0. The molecule has 0 aromatic carbocycles. The second kappa shape index (κ2) is 2.10. The van der Waals surface area contributed by atoms with E-state index in [9.17, 15) is 0 Å². The molecule has 1 aliphatic carbocycles. The average molecular weight is 164 g/mol. The van der Waals surface area contributed by atoms with Crippen molar-refractivity contribution in [2.75, 3.05) is 6.61 Å². The minimum atomic E-state index is 0. The minimum absolute atomic E-state index is 0. The summed E-state index contributed by atoms with van der Waals surface area (Å²) >= 11 is 0. The molecule has 2 rings (SSSR count). The van der Waals surface area contributed by atoms with E-state index in [2.05, 4.69) is 6.92 Å². The summed E-state index contributed by atoms with van der Waals surface area (Å²) in [5.41, 5.74) is 6.16. The SMILES string of the molecule is CC12CCC(N)(CO1)C2.Cl. The summed E-state index contributed by atoms with van der Waals surface area (Å²) in [6.45, 7) is 2.94. The molecular formula is C7H14ClNO. The lowest BCUT2D eigenvalue weighted by molar-refractivity contribution is -0.00509. The Morgan fingerprint density at radius 3 is 2.20 bits per heavy atom. The smallest absolute Gasteiger partial charge is 0.0674 e. The molecule has 0 aromatic rings. The van der Waals surface area contributed by atoms with E-state index in [4.69, 9.17) is 10.5 Å². The van der Waals surface area contributed by atoms with Gasteiger partial charge in [-0.3, -0.25) is 0 Å². The van der Waals surface area contributed by atoms with E-state index >= 15 is 0 Å². The quantitative estimate of drug-likeness (QED) is 0.580. The third kappa shape index (κ3) is 1.04. The van der Waals surface area contributed by atoms with Gasteiger partial charge < -0.3 is 10.5 Å². The maximum atomic E-state index is 5.96. The maximum Gasteiger partial charge on any atom is 0.0674 e. The van der Waals surface area contributed by atoms with Crippen LogP contribution in [0.2, 0.25) is 0 Å². The average Bonchev–Trinajstić information content (AvgIpc) is 2.19. The fourth-order valence-electron chi connectivity index (χ4n) is 2.00. The van der Waals surface area contributed by atoms with E-state index in [1.54, 1.807) is 0 Å². The first-order valence-corrected chi connectivity index (χ1v) is 3.55. The van der Waals surface area contributed by atoms with Gasteiger partial charge in [-0.2, -0.15) is 0 Å². The highest BCUT2D eigenvalue weighted by Gasteiger charge is 2.50. The normalized spacial score (nSPS) is 51.0. The third-order valence-electron chi connectivity index (χ3n) is 2.59. The molecule has 2 nitrogen and oxygen atoms in total. The number of fused-ring (bicyclic) bond motifs is 2. The molecule has 60 valence electrons. The van der Waals surface area contributed by atoms with Crippen LogP contribution < -0.4 is 5.73 Å². The molecule has 0 spiro atoms. The van der Waals surface area contributed by atoms with Crippen molar-refractivity contribution in [1.82, 2.24) is 0 Å². The fraction of sp³-hybridized carbons (Fsp3) is 1.00. The highest BCUT2D eigenvalue weighted by Crippen LogP contribution is 2.44. The Morgan fingerprint density at radius 2 is 2.10 bits per heavy atom. The zero-order valence-corrected chi connectivity index (χ0v) is 7.04. The van der Waals surface area contributed by atoms with Gasteiger partial charge in [-0.25, -0.2) is 0 Å². The summed E-state index contributed by atoms with van der Waals surface area (Å²) in [7, 11) is 0. The highest BCUT2D eigenvalue weighted by atomic mass is 35.5. The summed E-state index contributed by atoms with van der Waals surface area (Å²) in [6.07, 6.45) is 3.38.